The summed E-state index contributed by atoms with van der Waals surface area (Å²) in [4.78, 5) is 0. The number of rotatable bonds is 10. The first-order chi connectivity index (χ1) is 26.3. The normalized spacial score (nSPS) is 14.3. The highest BCUT2D eigenvalue weighted by atomic mass is 32.2. The third kappa shape index (κ3) is 20.6. The first-order valence-electron chi connectivity index (χ1n) is 20.8. The average Bonchev–Trinajstić information content (AvgIpc) is 3.17. The van der Waals surface area contributed by atoms with Crippen molar-refractivity contribution in [3.63, 3.8) is 0 Å². The molecular weight excluding hydrogens is 708 g/mol. The highest BCUT2D eigenvalue weighted by Crippen LogP contribution is 2.33. The number of hydrogen-bond donors (Lipinski definition) is 2. The smallest absolute Gasteiger partial charge is 0.130 e. The molecule has 4 nitrogen and oxygen atoms in total. The lowest BCUT2D eigenvalue weighted by atomic mass is 9.85. The summed E-state index contributed by atoms with van der Waals surface area (Å²) in [5, 5.41) is 14.3. The summed E-state index contributed by atoms with van der Waals surface area (Å²) in [6.07, 6.45) is 10.7. The quantitative estimate of drug-likeness (QED) is 0.235. The van der Waals surface area contributed by atoms with E-state index < -0.39 is 0 Å². The maximum atomic E-state index is 13.0. The zero-order valence-electron chi connectivity index (χ0n) is 39.1. The molecule has 2 N–H and O–H groups in total. The van der Waals surface area contributed by atoms with Gasteiger partial charge in [0.15, 0.2) is 0 Å². The van der Waals surface area contributed by atoms with Gasteiger partial charge in [-0.2, -0.15) is 17.0 Å². The highest BCUT2D eigenvalue weighted by Gasteiger charge is 2.30. The lowest BCUT2D eigenvalue weighted by Crippen LogP contribution is -2.51. The molecule has 1 saturated heterocycles. The molecule has 1 aliphatic rings. The van der Waals surface area contributed by atoms with Gasteiger partial charge in [-0.1, -0.05) is 170 Å². The summed E-state index contributed by atoms with van der Waals surface area (Å²) in [5.74, 6) is 1.44. The minimum absolute atomic E-state index is 0.0764. The maximum Gasteiger partial charge on any atom is 0.130 e. The van der Waals surface area contributed by atoms with E-state index in [-0.39, 0.29) is 12.0 Å². The molecule has 2 unspecified atom stereocenters. The lowest BCUT2D eigenvalue weighted by Gasteiger charge is -2.42. The predicted molar refractivity (Wildman–Crippen MR) is 253 cm³/mol. The molecule has 0 radical (unpaired) electrons. The van der Waals surface area contributed by atoms with Crippen LogP contribution in [0.15, 0.2) is 84.9 Å². The Balaban J connectivity index is -0.000000792. The number of nitrogens with one attached hydrogen (secondary N) is 2. The summed E-state index contributed by atoms with van der Waals surface area (Å²) in [7, 11) is 0. The molecule has 0 saturated carbocycles. The summed E-state index contributed by atoms with van der Waals surface area (Å²) in [5.41, 5.74) is 14.7. The fourth-order valence-electron chi connectivity index (χ4n) is 5.10. The molecule has 1 aliphatic heterocycles. The number of nitrogens with zero attached hydrogens (tertiary/aromatic N) is 2. The topological polar surface area (TPSA) is 51.1 Å². The van der Waals surface area contributed by atoms with Gasteiger partial charge in [0.1, 0.15) is 12.0 Å². The van der Waals surface area contributed by atoms with Crippen molar-refractivity contribution < 1.29 is 4.39 Å². The average molecular weight is 791 g/mol. The number of thioether (sulfide) groups is 1. The van der Waals surface area contributed by atoms with Crippen LogP contribution in [-0.2, 0) is 0 Å². The van der Waals surface area contributed by atoms with E-state index in [1.165, 1.54) is 47.3 Å². The van der Waals surface area contributed by atoms with E-state index in [1.54, 1.807) is 26.0 Å². The van der Waals surface area contributed by atoms with Gasteiger partial charge in [-0.3, -0.25) is 5.01 Å². The van der Waals surface area contributed by atoms with Crippen LogP contribution >= 0.6 is 11.8 Å². The minimum atomic E-state index is -0.274. The van der Waals surface area contributed by atoms with E-state index >= 15 is 0 Å². The Morgan fingerprint density at radius 3 is 1.95 bits per heavy atom. The molecular formula is C50H83FN4S. The number of allylic oxidation sites excluding steroid dienone is 3. The van der Waals surface area contributed by atoms with E-state index in [4.69, 9.17) is 5.26 Å². The van der Waals surface area contributed by atoms with Crippen molar-refractivity contribution in [2.24, 2.45) is 11.3 Å². The van der Waals surface area contributed by atoms with Crippen LogP contribution in [0.4, 0.5) is 4.39 Å². The van der Waals surface area contributed by atoms with E-state index in [2.05, 4.69) is 150 Å². The van der Waals surface area contributed by atoms with Crippen LogP contribution < -0.4 is 10.7 Å². The number of nitriles is 1. The van der Waals surface area contributed by atoms with Crippen molar-refractivity contribution in [2.75, 3.05) is 12.0 Å². The number of hydrogen-bond acceptors (Lipinski definition) is 5. The molecule has 316 valence electrons. The van der Waals surface area contributed by atoms with Crippen LogP contribution in [0.5, 0.6) is 0 Å². The monoisotopic (exact) mass is 791 g/mol. The molecule has 2 aromatic carbocycles. The first kappa shape index (κ1) is 56.8. The number of halogens is 1. The number of hydrazine groups is 1. The van der Waals surface area contributed by atoms with E-state index in [1.807, 2.05) is 37.8 Å². The van der Waals surface area contributed by atoms with Crippen LogP contribution in [0.2, 0.25) is 0 Å². The van der Waals surface area contributed by atoms with Gasteiger partial charge in [0.05, 0.1) is 23.0 Å². The van der Waals surface area contributed by atoms with Crippen LogP contribution in [0.3, 0.4) is 0 Å². The Labute approximate surface area is 350 Å². The molecule has 1 heterocycles. The van der Waals surface area contributed by atoms with Crippen molar-refractivity contribution in [3.8, 4) is 6.07 Å². The SMILES string of the molecule is C=C(CCC)C(C)(C)C.C=Cc1ccc(C)cc1C1NC(=C)/C(=C(\C)C(C)CC)N(C(=C)CCC)N1.CC.CCC.CCSC.Cc1ccc(C#N)c(C)c1F. The van der Waals surface area contributed by atoms with Gasteiger partial charge < -0.3 is 5.32 Å². The first-order valence-corrected chi connectivity index (χ1v) is 22.2. The van der Waals surface area contributed by atoms with Gasteiger partial charge >= 0.3 is 0 Å². The van der Waals surface area contributed by atoms with Crippen LogP contribution in [0, 0.1) is 49.3 Å². The third-order valence-corrected chi connectivity index (χ3v) is 9.62. The molecule has 6 heteroatoms. The predicted octanol–water partition coefficient (Wildman–Crippen LogP) is 15.7. The van der Waals surface area contributed by atoms with Crippen molar-refractivity contribution in [2.45, 2.75) is 155 Å². The molecule has 0 aromatic heterocycles. The molecule has 0 spiro atoms. The summed E-state index contributed by atoms with van der Waals surface area (Å²) >= 11 is 1.86. The largest absolute Gasteiger partial charge is 0.363 e. The summed E-state index contributed by atoms with van der Waals surface area (Å²) in [6, 6.07) is 11.6. The Hall–Kier alpha value is -3.53. The second-order valence-electron chi connectivity index (χ2n) is 14.9. The molecule has 3 rings (SSSR count). The van der Waals surface area contributed by atoms with Gasteiger partial charge in [0.2, 0.25) is 0 Å². The second-order valence-corrected chi connectivity index (χ2v) is 16.0. The van der Waals surface area contributed by atoms with E-state index in [0.29, 0.717) is 28.0 Å². The van der Waals surface area contributed by atoms with E-state index in [0.717, 1.165) is 41.9 Å². The standard InChI is InChI=1S/C24H35N3.C9H8FN.C9H18.C3H8S.C3H8.C2H6/c1-9-12-18(6)27-23(19(7)17(5)10-2)20(8)25-24(26-27)22-15-16(4)13-14-21(22)11-3;1-6-3-4-8(5-11)7(2)9(6)10;1-6-7-8(2)9(3,4)5;1-3-4-2;1-3-2;1-2/h11,13-15,17,24-26H,3,6,8-10,12H2,1-2,4-5,7H3;3-4H,1-2H3;2,6-7H2,1,3-5H3;3H2,1-2H3;3H2,1-2H3;1-2H3/b23-19-;;;;;. The van der Waals surface area contributed by atoms with Gasteiger partial charge in [-0.05, 0) is 98.6 Å². The van der Waals surface area contributed by atoms with Gasteiger partial charge in [0, 0.05) is 11.3 Å². The number of benzene rings is 2. The molecule has 2 aromatic rings. The second kappa shape index (κ2) is 31.5. The molecule has 2 atom stereocenters. The fraction of sp³-hybridized carbons (Fsp3) is 0.540. The fourth-order valence-corrected chi connectivity index (χ4v) is 5.10. The molecule has 56 heavy (non-hydrogen) atoms. The Bertz CT molecular complexity index is 1540. The maximum absolute atomic E-state index is 13.0. The zero-order chi connectivity index (χ0) is 44.2. The molecule has 1 fully saturated rings. The summed E-state index contributed by atoms with van der Waals surface area (Å²) < 4.78 is 13.0. The van der Waals surface area contributed by atoms with Crippen molar-refractivity contribution in [3.05, 3.63) is 124 Å². The van der Waals surface area contributed by atoms with Crippen LogP contribution in [0.25, 0.3) is 6.08 Å². The van der Waals surface area contributed by atoms with Crippen LogP contribution in [0.1, 0.15) is 168 Å². The van der Waals surface area contributed by atoms with Crippen molar-refractivity contribution in [1.29, 1.82) is 5.26 Å². The highest BCUT2D eigenvalue weighted by molar-refractivity contribution is 7.98. The lowest BCUT2D eigenvalue weighted by molar-refractivity contribution is 0.204. The third-order valence-electron chi connectivity index (χ3n) is 9.04. The Kier molecular flexibility index (Phi) is 32.0. The zero-order valence-corrected chi connectivity index (χ0v) is 39.9. The summed E-state index contributed by atoms with van der Waals surface area (Å²) in [6.45, 7) is 50.2. The Morgan fingerprint density at radius 1 is 1.00 bits per heavy atom. The van der Waals surface area contributed by atoms with Gasteiger partial charge in [-0.15, -0.1) is 0 Å². The van der Waals surface area contributed by atoms with Crippen LogP contribution in [-0.4, -0.2) is 17.0 Å². The van der Waals surface area contributed by atoms with Crippen molar-refractivity contribution >= 4 is 17.8 Å². The van der Waals surface area contributed by atoms with Crippen molar-refractivity contribution in [1.82, 2.24) is 15.8 Å². The van der Waals surface area contributed by atoms with Gasteiger partial charge in [0.25, 0.3) is 0 Å². The Morgan fingerprint density at radius 2 is 1.54 bits per heavy atom. The number of aryl methyl sites for hydroxylation is 2. The molecule has 0 aliphatic carbocycles. The van der Waals surface area contributed by atoms with E-state index in [9.17, 15) is 4.39 Å². The van der Waals surface area contributed by atoms with Gasteiger partial charge in [-0.25, -0.2) is 9.82 Å². The molecule has 0 amide bonds. The molecule has 0 bridgehead atoms. The minimum Gasteiger partial charge on any atom is -0.363 e.